The topological polar surface area (TPSA) is 68.0 Å². The molecule has 1 heterocycles. The summed E-state index contributed by atoms with van der Waals surface area (Å²) in [6.07, 6.45) is 3.70. The Morgan fingerprint density at radius 3 is 3.00 bits per heavy atom. The van der Waals surface area contributed by atoms with Crippen molar-refractivity contribution in [3.05, 3.63) is 24.0 Å². The molecule has 0 aliphatic heterocycles. The summed E-state index contributed by atoms with van der Waals surface area (Å²) < 4.78 is 0. The minimum atomic E-state index is -0.166. The van der Waals surface area contributed by atoms with Crippen LogP contribution < -0.4 is 11.1 Å². The molecule has 1 saturated carbocycles. The van der Waals surface area contributed by atoms with Crippen LogP contribution in [0.15, 0.2) is 18.3 Å². The van der Waals surface area contributed by atoms with Crippen LogP contribution in [-0.2, 0) is 0 Å². The molecule has 2 rings (SSSR count). The highest BCUT2D eigenvalue weighted by Gasteiger charge is 2.24. The maximum absolute atomic E-state index is 11.5. The summed E-state index contributed by atoms with van der Waals surface area (Å²) in [5, 5.41) is 2.83. The Kier molecular flexibility index (Phi) is 1.88. The number of nitrogens with one attached hydrogen (secondary N) is 1. The Bertz CT molecular complexity index is 333. The Morgan fingerprint density at radius 1 is 1.62 bits per heavy atom. The van der Waals surface area contributed by atoms with Gasteiger partial charge in [-0.2, -0.15) is 0 Å². The standard InChI is InChI=1S/C9H11N3O/c10-7-2-1-5-11-8(7)9(13)12-6-3-4-6/h1-2,5-6H,3-4,10H2,(H,12,13). The van der Waals surface area contributed by atoms with Gasteiger partial charge >= 0.3 is 0 Å². The molecule has 68 valence electrons. The van der Waals surface area contributed by atoms with E-state index in [4.69, 9.17) is 5.73 Å². The Balaban J connectivity index is 2.13. The summed E-state index contributed by atoms with van der Waals surface area (Å²) in [5.74, 6) is -0.166. The van der Waals surface area contributed by atoms with E-state index in [1.54, 1.807) is 18.3 Å². The fourth-order valence-electron chi connectivity index (χ4n) is 1.09. The lowest BCUT2D eigenvalue weighted by atomic mass is 10.3. The second-order valence-electron chi connectivity index (χ2n) is 3.19. The number of carbonyl (C=O) groups excluding carboxylic acids is 1. The molecule has 1 amide bonds. The van der Waals surface area contributed by atoms with Crippen molar-refractivity contribution >= 4 is 11.6 Å². The van der Waals surface area contributed by atoms with Gasteiger partial charge in [0, 0.05) is 12.2 Å². The van der Waals surface area contributed by atoms with Gasteiger partial charge in [-0.1, -0.05) is 0 Å². The van der Waals surface area contributed by atoms with E-state index >= 15 is 0 Å². The van der Waals surface area contributed by atoms with Crippen LogP contribution in [0.2, 0.25) is 0 Å². The van der Waals surface area contributed by atoms with Crippen LogP contribution in [0.4, 0.5) is 5.69 Å². The van der Waals surface area contributed by atoms with Crippen molar-refractivity contribution in [1.29, 1.82) is 0 Å². The number of rotatable bonds is 2. The molecule has 1 aromatic heterocycles. The Morgan fingerprint density at radius 2 is 2.38 bits per heavy atom. The maximum Gasteiger partial charge on any atom is 0.272 e. The van der Waals surface area contributed by atoms with Crippen LogP contribution in [-0.4, -0.2) is 16.9 Å². The lowest BCUT2D eigenvalue weighted by molar-refractivity contribution is 0.0947. The van der Waals surface area contributed by atoms with Crippen LogP contribution in [0, 0.1) is 0 Å². The zero-order valence-corrected chi connectivity index (χ0v) is 7.16. The lowest BCUT2D eigenvalue weighted by Gasteiger charge is -2.03. The Hall–Kier alpha value is -1.58. The van der Waals surface area contributed by atoms with Gasteiger partial charge in [0.05, 0.1) is 5.69 Å². The summed E-state index contributed by atoms with van der Waals surface area (Å²) in [6, 6.07) is 3.73. The number of nitrogens with two attached hydrogens (primary N) is 1. The predicted molar refractivity (Wildman–Crippen MR) is 49.1 cm³/mol. The highest BCUT2D eigenvalue weighted by Crippen LogP contribution is 2.19. The number of carbonyl (C=O) groups is 1. The zero-order chi connectivity index (χ0) is 9.26. The van der Waals surface area contributed by atoms with E-state index in [0.717, 1.165) is 12.8 Å². The highest BCUT2D eigenvalue weighted by molar-refractivity contribution is 5.97. The summed E-state index contributed by atoms with van der Waals surface area (Å²) in [4.78, 5) is 15.4. The lowest BCUT2D eigenvalue weighted by Crippen LogP contribution is -2.27. The van der Waals surface area contributed by atoms with Crippen LogP contribution in [0.25, 0.3) is 0 Å². The quantitative estimate of drug-likeness (QED) is 0.693. The molecule has 3 N–H and O–H groups in total. The molecular weight excluding hydrogens is 166 g/mol. The number of nitrogen functional groups attached to an aromatic ring is 1. The van der Waals surface area contributed by atoms with E-state index in [0.29, 0.717) is 17.4 Å². The van der Waals surface area contributed by atoms with Crippen LogP contribution >= 0.6 is 0 Å². The first-order valence-electron chi connectivity index (χ1n) is 4.29. The minimum Gasteiger partial charge on any atom is -0.397 e. The fourth-order valence-corrected chi connectivity index (χ4v) is 1.09. The van der Waals surface area contributed by atoms with Gasteiger partial charge in [0.15, 0.2) is 5.69 Å². The SMILES string of the molecule is Nc1cccnc1C(=O)NC1CC1. The molecule has 1 aliphatic rings. The zero-order valence-electron chi connectivity index (χ0n) is 7.16. The molecule has 4 heteroatoms. The number of aromatic nitrogens is 1. The van der Waals surface area contributed by atoms with Crippen molar-refractivity contribution < 1.29 is 4.79 Å². The maximum atomic E-state index is 11.5. The van der Waals surface area contributed by atoms with Gasteiger partial charge in [0.25, 0.3) is 5.91 Å². The number of pyridine rings is 1. The van der Waals surface area contributed by atoms with Crippen molar-refractivity contribution in [2.45, 2.75) is 18.9 Å². The molecule has 13 heavy (non-hydrogen) atoms. The predicted octanol–water partition coefficient (Wildman–Crippen LogP) is 0.556. The molecule has 0 unspecified atom stereocenters. The van der Waals surface area contributed by atoms with Crippen molar-refractivity contribution in [3.63, 3.8) is 0 Å². The van der Waals surface area contributed by atoms with E-state index in [2.05, 4.69) is 10.3 Å². The normalized spacial score (nSPS) is 15.4. The monoisotopic (exact) mass is 177 g/mol. The summed E-state index contributed by atoms with van der Waals surface area (Å²) in [6.45, 7) is 0. The number of amides is 1. The van der Waals surface area contributed by atoms with Crippen molar-refractivity contribution in [2.24, 2.45) is 0 Å². The van der Waals surface area contributed by atoms with E-state index in [1.807, 2.05) is 0 Å². The average Bonchev–Trinajstić information content (AvgIpc) is 2.89. The largest absolute Gasteiger partial charge is 0.397 e. The van der Waals surface area contributed by atoms with Crippen molar-refractivity contribution in [3.8, 4) is 0 Å². The first-order valence-corrected chi connectivity index (χ1v) is 4.29. The van der Waals surface area contributed by atoms with Crippen LogP contribution in [0.1, 0.15) is 23.3 Å². The van der Waals surface area contributed by atoms with E-state index in [-0.39, 0.29) is 5.91 Å². The molecule has 0 bridgehead atoms. The number of hydrogen-bond acceptors (Lipinski definition) is 3. The van der Waals surface area contributed by atoms with E-state index in [1.165, 1.54) is 0 Å². The van der Waals surface area contributed by atoms with E-state index < -0.39 is 0 Å². The van der Waals surface area contributed by atoms with Crippen LogP contribution in [0.5, 0.6) is 0 Å². The molecular formula is C9H11N3O. The molecule has 1 aromatic rings. The third-order valence-electron chi connectivity index (χ3n) is 1.97. The van der Waals surface area contributed by atoms with Gasteiger partial charge in [-0.05, 0) is 25.0 Å². The summed E-state index contributed by atoms with van der Waals surface area (Å²) in [5.41, 5.74) is 6.35. The van der Waals surface area contributed by atoms with Gasteiger partial charge in [-0.25, -0.2) is 4.98 Å². The number of anilines is 1. The summed E-state index contributed by atoms with van der Waals surface area (Å²) in [7, 11) is 0. The van der Waals surface area contributed by atoms with Crippen molar-refractivity contribution in [2.75, 3.05) is 5.73 Å². The number of hydrogen-bond donors (Lipinski definition) is 2. The third-order valence-corrected chi connectivity index (χ3v) is 1.97. The second-order valence-corrected chi connectivity index (χ2v) is 3.19. The van der Waals surface area contributed by atoms with Crippen LogP contribution in [0.3, 0.4) is 0 Å². The molecule has 0 atom stereocenters. The highest BCUT2D eigenvalue weighted by atomic mass is 16.2. The fraction of sp³-hybridized carbons (Fsp3) is 0.333. The molecule has 0 aromatic carbocycles. The van der Waals surface area contributed by atoms with E-state index in [9.17, 15) is 4.79 Å². The summed E-state index contributed by atoms with van der Waals surface area (Å²) >= 11 is 0. The molecule has 0 spiro atoms. The third kappa shape index (κ3) is 1.77. The minimum absolute atomic E-state index is 0.166. The molecule has 1 aliphatic carbocycles. The second kappa shape index (κ2) is 3.05. The average molecular weight is 177 g/mol. The van der Waals surface area contributed by atoms with Gasteiger partial charge in [-0.15, -0.1) is 0 Å². The van der Waals surface area contributed by atoms with Gasteiger partial charge in [-0.3, -0.25) is 4.79 Å². The first-order chi connectivity index (χ1) is 6.27. The number of nitrogens with zero attached hydrogens (tertiary/aromatic N) is 1. The van der Waals surface area contributed by atoms with Gasteiger partial charge < -0.3 is 11.1 Å². The smallest absolute Gasteiger partial charge is 0.272 e. The van der Waals surface area contributed by atoms with Gasteiger partial charge in [0.2, 0.25) is 0 Å². The molecule has 1 fully saturated rings. The van der Waals surface area contributed by atoms with Gasteiger partial charge in [0.1, 0.15) is 0 Å². The Labute approximate surface area is 76.2 Å². The molecule has 4 nitrogen and oxygen atoms in total. The first kappa shape index (κ1) is 8.04. The molecule has 0 saturated heterocycles. The molecule has 0 radical (unpaired) electrons. The van der Waals surface area contributed by atoms with Crippen molar-refractivity contribution in [1.82, 2.24) is 10.3 Å².